The van der Waals surface area contributed by atoms with Gasteiger partial charge in [0.15, 0.2) is 11.5 Å². The summed E-state index contributed by atoms with van der Waals surface area (Å²) in [6.07, 6.45) is 0. The van der Waals surface area contributed by atoms with Crippen molar-refractivity contribution in [1.29, 1.82) is 0 Å². The number of ether oxygens (including phenoxy) is 3. The maximum atomic E-state index is 12.6. The number of hydrogen-bond donors (Lipinski definition) is 0. The van der Waals surface area contributed by atoms with E-state index in [0.717, 1.165) is 18.2 Å². The summed E-state index contributed by atoms with van der Waals surface area (Å²) < 4.78 is 85.1. The lowest BCUT2D eigenvalue weighted by molar-refractivity contribution is -0.0500. The lowest BCUT2D eigenvalue weighted by atomic mass is 10.0. The Hall–Kier alpha value is -3.41. The van der Waals surface area contributed by atoms with Crippen molar-refractivity contribution in [3.8, 4) is 34.1 Å². The first-order valence-electron chi connectivity index (χ1n) is 8.39. The Morgan fingerprint density at radius 3 is 2.03 bits per heavy atom. The van der Waals surface area contributed by atoms with Crippen LogP contribution in [0.2, 0.25) is 0 Å². The van der Waals surface area contributed by atoms with Gasteiger partial charge in [0.05, 0.1) is 21.3 Å². The molecule has 0 aliphatic heterocycles. The molecule has 2 aromatic carbocycles. The van der Waals surface area contributed by atoms with Gasteiger partial charge in [0.2, 0.25) is 5.75 Å². The molecule has 31 heavy (non-hydrogen) atoms. The first kappa shape index (κ1) is 22.3. The van der Waals surface area contributed by atoms with E-state index in [2.05, 4.69) is 4.18 Å². The van der Waals surface area contributed by atoms with Crippen LogP contribution in [0.5, 0.6) is 23.0 Å². The molecule has 0 fully saturated rings. The van der Waals surface area contributed by atoms with Crippen LogP contribution in [-0.2, 0) is 10.1 Å². The first-order chi connectivity index (χ1) is 14.5. The number of methoxy groups -OCH3 is 3. The molecule has 166 valence electrons. The van der Waals surface area contributed by atoms with Crippen molar-refractivity contribution >= 4 is 21.1 Å². The van der Waals surface area contributed by atoms with Crippen LogP contribution in [0, 0.1) is 0 Å². The van der Waals surface area contributed by atoms with Gasteiger partial charge in [-0.25, -0.2) is 4.79 Å². The lowest BCUT2D eigenvalue weighted by Crippen LogP contribution is -2.28. The minimum Gasteiger partial charge on any atom is -0.493 e. The standard InChI is InChI=1S/C19H15F3O8S/c1-26-15-6-10(7-16(27-2)18(15)28-3)13-9-17(23)29-14-8-11(4-5-12(13)14)30-31(24,25)19(20,21)22/h4-9H,1-3H3. The third kappa shape index (κ3) is 4.24. The molecule has 0 saturated heterocycles. The SMILES string of the molecule is COc1cc(-c2cc(=O)oc3cc(OS(=O)(=O)C(F)(F)F)ccc23)cc(OC)c1OC. The topological polar surface area (TPSA) is 101 Å². The highest BCUT2D eigenvalue weighted by Crippen LogP contribution is 2.42. The molecule has 8 nitrogen and oxygen atoms in total. The van der Waals surface area contributed by atoms with E-state index in [1.807, 2.05) is 0 Å². The van der Waals surface area contributed by atoms with E-state index in [-0.39, 0.29) is 5.58 Å². The fourth-order valence-electron chi connectivity index (χ4n) is 2.84. The van der Waals surface area contributed by atoms with Crippen molar-refractivity contribution in [3.05, 3.63) is 46.8 Å². The van der Waals surface area contributed by atoms with Gasteiger partial charge in [-0.2, -0.15) is 21.6 Å². The molecule has 0 spiro atoms. The maximum Gasteiger partial charge on any atom is 0.534 e. The van der Waals surface area contributed by atoms with Gasteiger partial charge in [-0.3, -0.25) is 0 Å². The quantitative estimate of drug-likeness (QED) is 0.312. The largest absolute Gasteiger partial charge is 0.534 e. The number of alkyl halides is 3. The molecule has 3 rings (SSSR count). The van der Waals surface area contributed by atoms with Crippen LogP contribution in [0.1, 0.15) is 0 Å². The van der Waals surface area contributed by atoms with Crippen LogP contribution >= 0.6 is 0 Å². The second kappa shape index (κ2) is 8.02. The maximum absolute atomic E-state index is 12.6. The summed E-state index contributed by atoms with van der Waals surface area (Å²) >= 11 is 0. The van der Waals surface area contributed by atoms with Crippen molar-refractivity contribution in [2.24, 2.45) is 0 Å². The van der Waals surface area contributed by atoms with Crippen LogP contribution in [-0.4, -0.2) is 35.3 Å². The van der Waals surface area contributed by atoms with Crippen LogP contribution in [0.15, 0.2) is 45.6 Å². The second-order valence-corrected chi connectivity index (χ2v) is 7.57. The summed E-state index contributed by atoms with van der Waals surface area (Å²) in [7, 11) is -1.65. The number of hydrogen-bond acceptors (Lipinski definition) is 8. The third-order valence-electron chi connectivity index (χ3n) is 4.18. The van der Waals surface area contributed by atoms with E-state index >= 15 is 0 Å². The van der Waals surface area contributed by atoms with Crippen molar-refractivity contribution < 1.29 is 44.4 Å². The normalized spacial score (nSPS) is 11.9. The minimum atomic E-state index is -5.88. The Bertz CT molecular complexity index is 1270. The number of halogens is 3. The molecule has 0 aliphatic rings. The molecule has 0 aliphatic carbocycles. The summed E-state index contributed by atoms with van der Waals surface area (Å²) in [5, 5.41) is 0.297. The van der Waals surface area contributed by atoms with E-state index in [9.17, 15) is 26.4 Å². The molecule has 0 atom stereocenters. The Kier molecular flexibility index (Phi) is 5.77. The van der Waals surface area contributed by atoms with Crippen LogP contribution in [0.3, 0.4) is 0 Å². The van der Waals surface area contributed by atoms with Gasteiger partial charge in [-0.05, 0) is 29.8 Å². The number of rotatable bonds is 6. The Morgan fingerprint density at radius 1 is 0.903 bits per heavy atom. The van der Waals surface area contributed by atoms with Gasteiger partial charge in [0.1, 0.15) is 11.3 Å². The Balaban J connectivity index is 2.19. The van der Waals surface area contributed by atoms with Crippen LogP contribution in [0.4, 0.5) is 13.2 Å². The van der Waals surface area contributed by atoms with Gasteiger partial charge in [0, 0.05) is 23.1 Å². The zero-order chi connectivity index (χ0) is 23.0. The van der Waals surface area contributed by atoms with E-state index in [1.54, 1.807) is 12.1 Å². The lowest BCUT2D eigenvalue weighted by Gasteiger charge is -2.15. The molecule has 1 heterocycles. The van der Waals surface area contributed by atoms with E-state index in [0.29, 0.717) is 33.8 Å². The molecule has 1 aromatic heterocycles. The summed E-state index contributed by atoms with van der Waals surface area (Å²) in [5.74, 6) is 0.244. The van der Waals surface area contributed by atoms with Gasteiger partial charge in [0.25, 0.3) is 0 Å². The minimum absolute atomic E-state index is 0.189. The molecule has 3 aromatic rings. The van der Waals surface area contributed by atoms with Crippen LogP contribution in [0.25, 0.3) is 22.1 Å². The van der Waals surface area contributed by atoms with Crippen molar-refractivity contribution in [1.82, 2.24) is 0 Å². The first-order valence-corrected chi connectivity index (χ1v) is 9.80. The highest BCUT2D eigenvalue weighted by molar-refractivity contribution is 7.88. The smallest absolute Gasteiger partial charge is 0.493 e. The zero-order valence-electron chi connectivity index (χ0n) is 16.3. The fraction of sp³-hybridized carbons (Fsp3) is 0.211. The zero-order valence-corrected chi connectivity index (χ0v) is 17.1. The third-order valence-corrected chi connectivity index (χ3v) is 5.16. The molecule has 12 heteroatoms. The van der Waals surface area contributed by atoms with Crippen molar-refractivity contribution in [2.75, 3.05) is 21.3 Å². The van der Waals surface area contributed by atoms with E-state index in [4.69, 9.17) is 18.6 Å². The predicted molar refractivity (Wildman–Crippen MR) is 103 cm³/mol. The second-order valence-electron chi connectivity index (χ2n) is 6.03. The van der Waals surface area contributed by atoms with Gasteiger partial charge in [-0.1, -0.05) is 0 Å². The van der Waals surface area contributed by atoms with E-state index in [1.165, 1.54) is 27.4 Å². The van der Waals surface area contributed by atoms with Crippen LogP contribution < -0.4 is 24.0 Å². The highest BCUT2D eigenvalue weighted by Gasteiger charge is 2.48. The molecule has 0 unspecified atom stereocenters. The molecular formula is C19H15F3O8S. The molecule has 0 saturated carbocycles. The summed E-state index contributed by atoms with van der Waals surface area (Å²) in [4.78, 5) is 12.1. The Labute approximate surface area is 173 Å². The summed E-state index contributed by atoms with van der Waals surface area (Å²) in [6.45, 7) is 0. The molecule has 0 bridgehead atoms. The van der Waals surface area contributed by atoms with Crippen molar-refractivity contribution in [2.45, 2.75) is 5.51 Å². The molecule has 0 N–H and O–H groups in total. The average molecular weight is 460 g/mol. The predicted octanol–water partition coefficient (Wildman–Crippen LogP) is 3.71. The Morgan fingerprint density at radius 2 is 1.52 bits per heavy atom. The van der Waals surface area contributed by atoms with Gasteiger partial charge < -0.3 is 22.8 Å². The monoisotopic (exact) mass is 460 g/mol. The molecule has 0 amide bonds. The van der Waals surface area contributed by atoms with E-state index < -0.39 is 27.0 Å². The number of benzene rings is 2. The number of fused-ring (bicyclic) bond motifs is 1. The average Bonchev–Trinajstić information content (AvgIpc) is 2.70. The van der Waals surface area contributed by atoms with Gasteiger partial charge in [-0.15, -0.1) is 0 Å². The molecular weight excluding hydrogens is 445 g/mol. The highest BCUT2D eigenvalue weighted by atomic mass is 32.2. The summed E-state index contributed by atoms with van der Waals surface area (Å²) in [5.41, 5.74) is -5.85. The summed E-state index contributed by atoms with van der Waals surface area (Å²) in [6, 6.07) is 7.44. The fourth-order valence-corrected chi connectivity index (χ4v) is 3.30. The van der Waals surface area contributed by atoms with Gasteiger partial charge >= 0.3 is 21.3 Å². The van der Waals surface area contributed by atoms with Crippen molar-refractivity contribution in [3.63, 3.8) is 0 Å². The molecule has 0 radical (unpaired) electrons.